The van der Waals surface area contributed by atoms with E-state index >= 15 is 0 Å². The first-order chi connectivity index (χ1) is 8.54. The van der Waals surface area contributed by atoms with Gasteiger partial charge in [-0.15, -0.1) is 0 Å². The summed E-state index contributed by atoms with van der Waals surface area (Å²) in [4.78, 5) is 12.4. The largest absolute Gasteiger partial charge is 0.287 e. The van der Waals surface area contributed by atoms with Gasteiger partial charge in [0.15, 0.2) is 0 Å². The fourth-order valence-corrected chi connectivity index (χ4v) is 2.23. The third-order valence-electron chi connectivity index (χ3n) is 2.48. The minimum absolute atomic E-state index is 0.285. The Labute approximate surface area is 119 Å². The fourth-order valence-electron chi connectivity index (χ4n) is 1.63. The molecule has 0 atom stereocenters. The Morgan fingerprint density at radius 2 is 2.00 bits per heavy atom. The highest BCUT2D eigenvalue weighted by Gasteiger charge is 2.20. The van der Waals surface area contributed by atoms with Gasteiger partial charge in [0.25, 0.3) is 0 Å². The summed E-state index contributed by atoms with van der Waals surface area (Å²) in [5.74, 6) is -0.285. The van der Waals surface area contributed by atoms with Crippen molar-refractivity contribution < 1.29 is 4.79 Å². The second kappa shape index (κ2) is 5.31. The highest BCUT2D eigenvalue weighted by Crippen LogP contribution is 2.26. The van der Waals surface area contributed by atoms with E-state index in [-0.39, 0.29) is 5.78 Å². The van der Waals surface area contributed by atoms with Gasteiger partial charge in [0.1, 0.15) is 5.69 Å². The highest BCUT2D eigenvalue weighted by atomic mass is 35.5. The summed E-state index contributed by atoms with van der Waals surface area (Å²) in [5.41, 5.74) is 0.643. The van der Waals surface area contributed by atoms with Crippen LogP contribution in [0, 0.1) is 0 Å². The van der Waals surface area contributed by atoms with Crippen molar-refractivity contribution in [2.75, 3.05) is 0 Å². The standard InChI is InChI=1S/C12H9Cl3N2O/c1-2-17-11(10(15)6-16-17)12(18)8-5-7(13)3-4-9(8)14/h3-6H,2H2,1H3. The second-order valence-electron chi connectivity index (χ2n) is 3.61. The Morgan fingerprint density at radius 1 is 1.28 bits per heavy atom. The molecule has 0 saturated carbocycles. The Hall–Kier alpha value is -1.03. The van der Waals surface area contributed by atoms with Crippen LogP contribution in [0.25, 0.3) is 0 Å². The maximum Gasteiger partial charge on any atom is 0.214 e. The molecule has 0 N–H and O–H groups in total. The molecule has 2 aromatic rings. The highest BCUT2D eigenvalue weighted by molar-refractivity contribution is 6.39. The molecule has 1 aromatic carbocycles. The van der Waals surface area contributed by atoms with Crippen molar-refractivity contribution in [3.05, 3.63) is 50.7 Å². The van der Waals surface area contributed by atoms with E-state index < -0.39 is 0 Å². The molecule has 0 bridgehead atoms. The van der Waals surface area contributed by atoms with E-state index in [0.717, 1.165) is 0 Å². The SMILES string of the molecule is CCn1ncc(Cl)c1C(=O)c1cc(Cl)ccc1Cl. The molecule has 18 heavy (non-hydrogen) atoms. The molecule has 6 heteroatoms. The van der Waals surface area contributed by atoms with Crippen molar-refractivity contribution in [1.29, 1.82) is 0 Å². The van der Waals surface area contributed by atoms with Gasteiger partial charge < -0.3 is 0 Å². The molecule has 0 amide bonds. The number of hydrogen-bond acceptors (Lipinski definition) is 2. The quantitative estimate of drug-likeness (QED) is 0.800. The maximum absolute atomic E-state index is 12.4. The van der Waals surface area contributed by atoms with Gasteiger partial charge in [-0.25, -0.2) is 0 Å². The number of carbonyl (C=O) groups excluding carboxylic acids is 1. The average molecular weight is 304 g/mol. The number of rotatable bonds is 3. The predicted octanol–water partition coefficient (Wildman–Crippen LogP) is 4.09. The normalized spacial score (nSPS) is 10.7. The number of aryl methyl sites for hydroxylation is 1. The van der Waals surface area contributed by atoms with Gasteiger partial charge in [-0.3, -0.25) is 9.48 Å². The van der Waals surface area contributed by atoms with Crippen molar-refractivity contribution in [3.63, 3.8) is 0 Å². The van der Waals surface area contributed by atoms with Crippen molar-refractivity contribution in [1.82, 2.24) is 9.78 Å². The number of hydrogen-bond donors (Lipinski definition) is 0. The van der Waals surface area contributed by atoms with Crippen molar-refractivity contribution in [2.24, 2.45) is 0 Å². The zero-order chi connectivity index (χ0) is 13.3. The second-order valence-corrected chi connectivity index (χ2v) is 4.86. The lowest BCUT2D eigenvalue weighted by Gasteiger charge is -2.06. The van der Waals surface area contributed by atoms with Crippen LogP contribution in [0.15, 0.2) is 24.4 Å². The Kier molecular flexibility index (Phi) is 3.95. The number of nitrogens with zero attached hydrogens (tertiary/aromatic N) is 2. The van der Waals surface area contributed by atoms with Crippen LogP contribution in [0.4, 0.5) is 0 Å². The van der Waals surface area contributed by atoms with Crippen LogP contribution in [0.1, 0.15) is 23.0 Å². The average Bonchev–Trinajstić information content (AvgIpc) is 2.72. The lowest BCUT2D eigenvalue weighted by atomic mass is 10.1. The molecule has 0 radical (unpaired) electrons. The Balaban J connectivity index is 2.54. The molecule has 0 aliphatic rings. The fraction of sp³-hybridized carbons (Fsp3) is 0.167. The molecule has 3 nitrogen and oxygen atoms in total. The summed E-state index contributed by atoms with van der Waals surface area (Å²) in [6.07, 6.45) is 1.44. The first-order valence-corrected chi connectivity index (χ1v) is 6.39. The number of halogens is 3. The van der Waals surface area contributed by atoms with Gasteiger partial charge in [-0.05, 0) is 25.1 Å². The zero-order valence-electron chi connectivity index (χ0n) is 9.45. The van der Waals surface area contributed by atoms with E-state index in [4.69, 9.17) is 34.8 Å². The topological polar surface area (TPSA) is 34.9 Å². The molecular weight excluding hydrogens is 295 g/mol. The maximum atomic E-state index is 12.4. The van der Waals surface area contributed by atoms with E-state index in [1.807, 2.05) is 6.92 Å². The van der Waals surface area contributed by atoms with E-state index in [1.165, 1.54) is 16.9 Å². The van der Waals surface area contributed by atoms with Crippen molar-refractivity contribution in [3.8, 4) is 0 Å². The molecule has 0 unspecified atom stereocenters. The molecule has 0 fully saturated rings. The molecule has 0 saturated heterocycles. The molecule has 1 aromatic heterocycles. The molecule has 1 heterocycles. The third kappa shape index (κ3) is 2.39. The van der Waals surface area contributed by atoms with Gasteiger partial charge in [0.2, 0.25) is 5.78 Å². The molecule has 0 spiro atoms. The smallest absolute Gasteiger partial charge is 0.214 e. The van der Waals surface area contributed by atoms with Crippen LogP contribution < -0.4 is 0 Å². The molecule has 2 rings (SSSR count). The lowest BCUT2D eigenvalue weighted by Crippen LogP contribution is -2.11. The van der Waals surface area contributed by atoms with Crippen LogP contribution in [0.5, 0.6) is 0 Å². The summed E-state index contributed by atoms with van der Waals surface area (Å²) in [6.45, 7) is 2.42. The summed E-state index contributed by atoms with van der Waals surface area (Å²) >= 11 is 17.9. The first kappa shape index (κ1) is 13.4. The predicted molar refractivity (Wildman–Crippen MR) is 72.8 cm³/mol. The molecule has 94 valence electrons. The van der Waals surface area contributed by atoms with Gasteiger partial charge >= 0.3 is 0 Å². The number of aromatic nitrogens is 2. The van der Waals surface area contributed by atoms with Crippen molar-refractivity contribution in [2.45, 2.75) is 13.5 Å². The van der Waals surface area contributed by atoms with E-state index in [1.54, 1.807) is 12.1 Å². The lowest BCUT2D eigenvalue weighted by molar-refractivity contribution is 0.102. The van der Waals surface area contributed by atoms with Gasteiger partial charge in [-0.1, -0.05) is 34.8 Å². The number of benzene rings is 1. The van der Waals surface area contributed by atoms with E-state index in [0.29, 0.717) is 32.9 Å². The third-order valence-corrected chi connectivity index (χ3v) is 3.32. The Morgan fingerprint density at radius 3 is 2.67 bits per heavy atom. The zero-order valence-corrected chi connectivity index (χ0v) is 11.7. The van der Waals surface area contributed by atoms with Gasteiger partial charge in [-0.2, -0.15) is 5.10 Å². The minimum atomic E-state index is -0.285. The van der Waals surface area contributed by atoms with E-state index in [9.17, 15) is 4.79 Å². The Bertz CT molecular complexity index is 607. The minimum Gasteiger partial charge on any atom is -0.287 e. The number of ketones is 1. The molecular formula is C12H9Cl3N2O. The van der Waals surface area contributed by atoms with Crippen molar-refractivity contribution >= 4 is 40.6 Å². The summed E-state index contributed by atoms with van der Waals surface area (Å²) < 4.78 is 1.53. The van der Waals surface area contributed by atoms with Gasteiger partial charge in [0, 0.05) is 17.1 Å². The molecule has 0 aliphatic carbocycles. The number of carbonyl (C=O) groups is 1. The van der Waals surface area contributed by atoms with Crippen LogP contribution in [-0.2, 0) is 6.54 Å². The van der Waals surface area contributed by atoms with Gasteiger partial charge in [0.05, 0.1) is 16.2 Å². The van der Waals surface area contributed by atoms with Crippen LogP contribution >= 0.6 is 34.8 Å². The molecule has 0 aliphatic heterocycles. The van der Waals surface area contributed by atoms with E-state index in [2.05, 4.69) is 5.10 Å². The summed E-state index contributed by atoms with van der Waals surface area (Å²) in [6, 6.07) is 4.73. The van der Waals surface area contributed by atoms with Crippen LogP contribution in [0.2, 0.25) is 15.1 Å². The van der Waals surface area contributed by atoms with Crippen LogP contribution in [0.3, 0.4) is 0 Å². The monoisotopic (exact) mass is 302 g/mol. The summed E-state index contributed by atoms with van der Waals surface area (Å²) in [5, 5.41) is 5.11. The summed E-state index contributed by atoms with van der Waals surface area (Å²) in [7, 11) is 0. The van der Waals surface area contributed by atoms with Crippen LogP contribution in [-0.4, -0.2) is 15.6 Å². The first-order valence-electron chi connectivity index (χ1n) is 5.25.